The summed E-state index contributed by atoms with van der Waals surface area (Å²) in [7, 11) is -3.24. The van der Waals surface area contributed by atoms with Crippen molar-refractivity contribution in [2.24, 2.45) is 5.92 Å². The SMILES string of the molecule is CCCc1cnc(N2CCC(C(C)Oc3nccs3)CC2c2ccc(S(C)(=O)=O)cc2)nc1. The number of piperidine rings is 1. The van der Waals surface area contributed by atoms with Crippen LogP contribution < -0.4 is 9.64 Å². The van der Waals surface area contributed by atoms with E-state index >= 15 is 0 Å². The minimum atomic E-state index is -3.24. The number of anilines is 1. The van der Waals surface area contributed by atoms with Gasteiger partial charge in [0.1, 0.15) is 6.10 Å². The van der Waals surface area contributed by atoms with Gasteiger partial charge >= 0.3 is 0 Å². The smallest absolute Gasteiger partial charge is 0.273 e. The second kappa shape index (κ2) is 10.2. The Morgan fingerprint density at radius 3 is 2.52 bits per heavy atom. The van der Waals surface area contributed by atoms with Gasteiger partial charge in [0.2, 0.25) is 5.95 Å². The van der Waals surface area contributed by atoms with Gasteiger partial charge in [-0.2, -0.15) is 0 Å². The molecule has 0 N–H and O–H groups in total. The molecule has 3 aromatic rings. The molecule has 2 aromatic heterocycles. The van der Waals surface area contributed by atoms with Crippen LogP contribution in [0.4, 0.5) is 5.95 Å². The molecule has 1 fully saturated rings. The van der Waals surface area contributed by atoms with Crippen molar-refractivity contribution >= 4 is 27.1 Å². The van der Waals surface area contributed by atoms with E-state index in [-0.39, 0.29) is 12.1 Å². The van der Waals surface area contributed by atoms with E-state index < -0.39 is 9.84 Å². The molecule has 1 saturated heterocycles. The zero-order valence-electron chi connectivity index (χ0n) is 19.2. The molecule has 1 aliphatic heterocycles. The van der Waals surface area contributed by atoms with Crippen LogP contribution in [0.5, 0.6) is 5.19 Å². The Morgan fingerprint density at radius 1 is 1.18 bits per heavy atom. The topological polar surface area (TPSA) is 85.3 Å². The van der Waals surface area contributed by atoms with E-state index in [0.717, 1.165) is 43.4 Å². The molecule has 0 saturated carbocycles. The van der Waals surface area contributed by atoms with E-state index in [0.29, 0.717) is 22.0 Å². The molecular weight excluding hydrogens is 456 g/mol. The molecule has 3 heterocycles. The summed E-state index contributed by atoms with van der Waals surface area (Å²) in [5.41, 5.74) is 2.19. The Hall–Kier alpha value is -2.52. The molecule has 4 rings (SSSR count). The Morgan fingerprint density at radius 2 is 1.91 bits per heavy atom. The van der Waals surface area contributed by atoms with Crippen LogP contribution >= 0.6 is 11.3 Å². The molecule has 0 aliphatic carbocycles. The minimum Gasteiger partial charge on any atom is -0.467 e. The van der Waals surface area contributed by atoms with Gasteiger partial charge in [-0.1, -0.05) is 36.8 Å². The second-order valence-corrected chi connectivity index (χ2v) is 11.5. The van der Waals surface area contributed by atoms with E-state index in [1.807, 2.05) is 29.9 Å². The fourth-order valence-corrected chi connectivity index (χ4v) is 5.55. The van der Waals surface area contributed by atoms with Gasteiger partial charge in [-0.15, -0.1) is 0 Å². The molecule has 3 atom stereocenters. The van der Waals surface area contributed by atoms with Crippen molar-refractivity contribution in [2.75, 3.05) is 17.7 Å². The van der Waals surface area contributed by atoms with E-state index in [4.69, 9.17) is 4.74 Å². The summed E-state index contributed by atoms with van der Waals surface area (Å²) in [6.07, 6.45) is 10.6. The number of thiazole rings is 1. The average Bonchev–Trinajstić information content (AvgIpc) is 3.32. The first-order chi connectivity index (χ1) is 15.8. The Bertz CT molecular complexity index is 1130. The molecular formula is C24H30N4O3S2. The summed E-state index contributed by atoms with van der Waals surface area (Å²) in [6.45, 7) is 5.03. The summed E-state index contributed by atoms with van der Waals surface area (Å²) in [5, 5.41) is 2.60. The van der Waals surface area contributed by atoms with Gasteiger partial charge in [0, 0.05) is 36.8 Å². The fourth-order valence-electron chi connectivity index (χ4n) is 4.35. The molecule has 0 bridgehead atoms. The fraction of sp³-hybridized carbons (Fsp3) is 0.458. The van der Waals surface area contributed by atoms with Crippen molar-refractivity contribution in [3.05, 3.63) is 59.4 Å². The third-order valence-electron chi connectivity index (χ3n) is 6.18. The number of ether oxygens (including phenoxy) is 1. The first kappa shape index (κ1) is 23.6. The lowest BCUT2D eigenvalue weighted by Gasteiger charge is -2.41. The van der Waals surface area contributed by atoms with Gasteiger partial charge in [-0.05, 0) is 55.4 Å². The van der Waals surface area contributed by atoms with Crippen molar-refractivity contribution in [1.82, 2.24) is 15.0 Å². The summed E-state index contributed by atoms with van der Waals surface area (Å²) in [6, 6.07) is 7.22. The zero-order valence-corrected chi connectivity index (χ0v) is 20.8. The highest BCUT2D eigenvalue weighted by atomic mass is 32.2. The molecule has 0 radical (unpaired) electrons. The Kier molecular flexibility index (Phi) is 7.29. The van der Waals surface area contributed by atoms with Crippen LogP contribution in [0.15, 0.2) is 53.1 Å². The number of hydrogen-bond acceptors (Lipinski definition) is 8. The molecule has 1 aliphatic rings. The van der Waals surface area contributed by atoms with Gasteiger partial charge < -0.3 is 9.64 Å². The molecule has 3 unspecified atom stereocenters. The highest BCUT2D eigenvalue weighted by molar-refractivity contribution is 7.90. The summed E-state index contributed by atoms with van der Waals surface area (Å²) >= 11 is 1.50. The van der Waals surface area contributed by atoms with E-state index in [9.17, 15) is 8.42 Å². The lowest BCUT2D eigenvalue weighted by atomic mass is 9.84. The summed E-state index contributed by atoms with van der Waals surface area (Å²) in [4.78, 5) is 16.1. The van der Waals surface area contributed by atoms with Crippen LogP contribution in [0, 0.1) is 5.92 Å². The van der Waals surface area contributed by atoms with Crippen molar-refractivity contribution in [2.45, 2.75) is 56.6 Å². The number of nitrogens with zero attached hydrogens (tertiary/aromatic N) is 4. The molecule has 9 heteroatoms. The highest BCUT2D eigenvalue weighted by Crippen LogP contribution is 2.38. The van der Waals surface area contributed by atoms with E-state index in [2.05, 4.69) is 33.7 Å². The van der Waals surface area contributed by atoms with Crippen LogP contribution in [0.3, 0.4) is 0 Å². The van der Waals surface area contributed by atoms with Gasteiger partial charge in [-0.25, -0.2) is 23.4 Å². The molecule has 7 nitrogen and oxygen atoms in total. The van der Waals surface area contributed by atoms with Crippen molar-refractivity contribution in [3.63, 3.8) is 0 Å². The first-order valence-electron chi connectivity index (χ1n) is 11.3. The maximum absolute atomic E-state index is 11.9. The summed E-state index contributed by atoms with van der Waals surface area (Å²) < 4.78 is 30.0. The highest BCUT2D eigenvalue weighted by Gasteiger charge is 2.34. The second-order valence-electron chi connectivity index (χ2n) is 8.60. The largest absolute Gasteiger partial charge is 0.467 e. The molecule has 1 aromatic carbocycles. The van der Waals surface area contributed by atoms with Gasteiger partial charge in [-0.3, -0.25) is 0 Å². The van der Waals surface area contributed by atoms with Crippen molar-refractivity contribution < 1.29 is 13.2 Å². The van der Waals surface area contributed by atoms with Crippen LogP contribution in [0.1, 0.15) is 50.3 Å². The van der Waals surface area contributed by atoms with E-state index in [1.54, 1.807) is 18.3 Å². The summed E-state index contributed by atoms with van der Waals surface area (Å²) in [5.74, 6) is 1.03. The first-order valence-corrected chi connectivity index (χ1v) is 14.1. The van der Waals surface area contributed by atoms with Gasteiger partial charge in [0.05, 0.1) is 10.9 Å². The van der Waals surface area contributed by atoms with Crippen LogP contribution in [0.2, 0.25) is 0 Å². The molecule has 33 heavy (non-hydrogen) atoms. The van der Waals surface area contributed by atoms with Crippen LogP contribution in [-0.2, 0) is 16.3 Å². The number of aromatic nitrogens is 3. The maximum atomic E-state index is 11.9. The molecule has 0 amide bonds. The Balaban J connectivity index is 1.60. The predicted molar refractivity (Wildman–Crippen MR) is 131 cm³/mol. The standard InChI is InChI=1S/C24H30N4O3S2/c1-4-5-18-15-26-23(27-16-18)28-12-10-20(17(2)31-24-25-11-13-32-24)14-22(28)19-6-8-21(9-7-19)33(3,29)30/h6-9,11,13,15-17,20,22H,4-5,10,12,14H2,1-3H3. The number of aryl methyl sites for hydroxylation is 1. The van der Waals surface area contributed by atoms with Crippen molar-refractivity contribution in [1.29, 1.82) is 0 Å². The number of benzene rings is 1. The monoisotopic (exact) mass is 486 g/mol. The predicted octanol–water partition coefficient (Wildman–Crippen LogP) is 4.71. The lowest BCUT2D eigenvalue weighted by Crippen LogP contribution is -2.41. The number of sulfone groups is 1. The quantitative estimate of drug-likeness (QED) is 0.456. The van der Waals surface area contributed by atoms with E-state index in [1.165, 1.54) is 17.6 Å². The van der Waals surface area contributed by atoms with Gasteiger partial charge in [0.15, 0.2) is 9.84 Å². The number of hydrogen-bond donors (Lipinski definition) is 0. The normalized spacial score (nSPS) is 19.9. The zero-order chi connectivity index (χ0) is 23.4. The molecule has 0 spiro atoms. The molecule has 176 valence electrons. The third kappa shape index (κ3) is 5.70. The van der Waals surface area contributed by atoms with Crippen LogP contribution in [0.25, 0.3) is 0 Å². The van der Waals surface area contributed by atoms with Crippen molar-refractivity contribution in [3.8, 4) is 5.19 Å². The van der Waals surface area contributed by atoms with Crippen LogP contribution in [-0.4, -0.2) is 42.3 Å². The Labute approximate surface area is 199 Å². The average molecular weight is 487 g/mol. The maximum Gasteiger partial charge on any atom is 0.273 e. The van der Waals surface area contributed by atoms with Gasteiger partial charge in [0.25, 0.3) is 5.19 Å². The third-order valence-corrected chi connectivity index (χ3v) is 7.97. The lowest BCUT2D eigenvalue weighted by molar-refractivity contribution is 0.121. The number of rotatable bonds is 8. The minimum absolute atomic E-state index is 0.0175.